The van der Waals surface area contributed by atoms with E-state index >= 15 is 0 Å². The quantitative estimate of drug-likeness (QED) is 0.146. The number of nitrogens with one attached hydrogen (secondary N) is 2. The second-order valence-electron chi connectivity index (χ2n) is 9.06. The van der Waals surface area contributed by atoms with Crippen molar-refractivity contribution in [3.8, 4) is 23.0 Å². The van der Waals surface area contributed by atoms with E-state index in [1.807, 2.05) is 6.92 Å². The Morgan fingerprint density at radius 1 is 0.750 bits per heavy atom. The molecule has 15 heteroatoms. The number of carbonyl (C=O) groups is 1. The number of hydrogen-bond donors (Lipinski definition) is 3. The lowest BCUT2D eigenvalue weighted by Gasteiger charge is -2.13. The Kier molecular flexibility index (Phi) is 6.26. The van der Waals surface area contributed by atoms with E-state index in [2.05, 4.69) is 29.9 Å². The molecule has 0 fully saturated rings. The monoisotopic (exact) mass is 561 g/mol. The van der Waals surface area contributed by atoms with Crippen molar-refractivity contribution in [2.45, 2.75) is 13.8 Å². The molecule has 2 aromatic rings. The minimum absolute atomic E-state index is 0.0638. The molecule has 2 aromatic carbocycles. The van der Waals surface area contributed by atoms with E-state index in [1.165, 1.54) is 4.57 Å². The molecule has 0 aliphatic carbocycles. The van der Waals surface area contributed by atoms with Crippen LogP contribution in [0.3, 0.4) is 0 Å². The van der Waals surface area contributed by atoms with E-state index in [-0.39, 0.29) is 23.0 Å². The maximum Gasteiger partial charge on any atom is 0.349 e. The van der Waals surface area contributed by atoms with Gasteiger partial charge in [0.05, 0.1) is 22.1 Å². The Labute approximate surface area is 227 Å². The lowest BCUT2D eigenvalue weighted by molar-refractivity contribution is 0.108. The summed E-state index contributed by atoms with van der Waals surface area (Å²) in [5.41, 5.74) is 8.40. The summed E-state index contributed by atoms with van der Waals surface area (Å²) in [6.45, 7) is 3.59. The number of rotatable bonds is 1. The maximum absolute atomic E-state index is 11.8. The SMILES string of the molecule is Cc1cc2nc3c(=O)[nH]c(=O)nc-3n(C)c2cc1C(=O)Cl.Cc1cc2nc3c(=O)[nH]c(=O)nc-3n(C)c2cc1N. The average Bonchev–Trinajstić information content (AvgIpc) is 2.87. The fraction of sp³-hybridized carbons (Fsp3) is 0.160. The van der Waals surface area contributed by atoms with Gasteiger partial charge in [0.25, 0.3) is 16.4 Å². The van der Waals surface area contributed by atoms with E-state index < -0.39 is 27.7 Å². The normalized spacial score (nSPS) is 11.2. The number of aromatic nitrogens is 8. The molecule has 0 spiro atoms. The summed E-state index contributed by atoms with van der Waals surface area (Å²) < 4.78 is 3.18. The molecule has 0 bridgehead atoms. The summed E-state index contributed by atoms with van der Waals surface area (Å²) in [5, 5.41) is -0.585. The fourth-order valence-electron chi connectivity index (χ4n) is 4.32. The molecule has 0 atom stereocenters. The van der Waals surface area contributed by atoms with Crippen LogP contribution in [-0.4, -0.2) is 44.3 Å². The molecule has 4 aliphatic heterocycles. The molecule has 0 aromatic heterocycles. The Bertz CT molecular complexity index is 2200. The number of nitrogen functional groups attached to an aromatic ring is 1. The first-order valence-corrected chi connectivity index (χ1v) is 12.0. The number of nitrogens with two attached hydrogens (primary N) is 1. The summed E-state index contributed by atoms with van der Waals surface area (Å²) in [6.07, 6.45) is 0. The number of H-pyrrole nitrogens is 2. The highest BCUT2D eigenvalue weighted by Gasteiger charge is 2.19. The van der Waals surface area contributed by atoms with Crippen LogP contribution in [0.5, 0.6) is 0 Å². The van der Waals surface area contributed by atoms with Gasteiger partial charge in [0, 0.05) is 25.3 Å². The fourth-order valence-corrected chi connectivity index (χ4v) is 4.52. The summed E-state index contributed by atoms with van der Waals surface area (Å²) in [6, 6.07) is 6.79. The van der Waals surface area contributed by atoms with Crippen LogP contribution in [0.1, 0.15) is 21.5 Å². The molecular weight excluding hydrogens is 542 g/mol. The molecule has 0 saturated carbocycles. The van der Waals surface area contributed by atoms with Crippen molar-refractivity contribution in [3.05, 3.63) is 82.6 Å². The van der Waals surface area contributed by atoms with Gasteiger partial charge in [0.2, 0.25) is 0 Å². The molecule has 0 unspecified atom stereocenters. The number of benzene rings is 2. The van der Waals surface area contributed by atoms with Gasteiger partial charge in [-0.1, -0.05) is 0 Å². The topological polar surface area (TPSA) is 204 Å². The van der Waals surface area contributed by atoms with Crippen LogP contribution < -0.4 is 28.2 Å². The standard InChI is InChI=1S/C13H9ClN4O3.C12H11N5O2/c1-5-3-7-8(4-6(5)10(14)19)18(2)11-9(15-7)12(20)17-13(21)16-11;1-5-3-7-8(4-6(5)13)17(2)10-9(14-7)11(18)16-12(19)15-10/h3-4H,1-2H3,(H,17,20,21);3-4H,13H2,1-2H3,(H,16,18,19). The van der Waals surface area contributed by atoms with E-state index in [1.54, 1.807) is 49.9 Å². The van der Waals surface area contributed by atoms with Gasteiger partial charge < -0.3 is 14.9 Å². The van der Waals surface area contributed by atoms with Crippen LogP contribution in [0, 0.1) is 13.8 Å². The number of aromatic amines is 2. The largest absolute Gasteiger partial charge is 0.398 e. The van der Waals surface area contributed by atoms with Crippen molar-refractivity contribution in [1.29, 1.82) is 0 Å². The molecule has 40 heavy (non-hydrogen) atoms. The summed E-state index contributed by atoms with van der Waals surface area (Å²) in [7, 11) is 3.35. The van der Waals surface area contributed by atoms with Crippen molar-refractivity contribution < 1.29 is 4.79 Å². The predicted octanol–water partition coefficient (Wildman–Crippen LogP) is 0.821. The third kappa shape index (κ3) is 4.39. The maximum atomic E-state index is 11.8. The molecule has 6 rings (SSSR count). The summed E-state index contributed by atoms with van der Waals surface area (Å²) in [5.74, 6) is 0.387. The molecule has 4 aliphatic rings. The van der Waals surface area contributed by atoms with Crippen LogP contribution in [0.15, 0.2) is 43.4 Å². The van der Waals surface area contributed by atoms with Gasteiger partial charge in [0.15, 0.2) is 23.0 Å². The zero-order valence-electron chi connectivity index (χ0n) is 21.5. The second kappa shape index (κ2) is 9.50. The van der Waals surface area contributed by atoms with Gasteiger partial charge in [-0.05, 0) is 60.8 Å². The molecule has 14 nitrogen and oxygen atoms in total. The number of halogens is 1. The van der Waals surface area contributed by atoms with Crippen molar-refractivity contribution in [3.63, 3.8) is 0 Å². The van der Waals surface area contributed by atoms with Crippen molar-refractivity contribution in [2.24, 2.45) is 14.1 Å². The first kappa shape index (κ1) is 26.4. The summed E-state index contributed by atoms with van der Waals surface area (Å²) in [4.78, 5) is 77.8. The minimum Gasteiger partial charge on any atom is -0.398 e. The number of carbonyl (C=O) groups excluding carboxylic acids is 1. The highest BCUT2D eigenvalue weighted by Crippen LogP contribution is 2.25. The molecule has 4 heterocycles. The van der Waals surface area contributed by atoms with Crippen molar-refractivity contribution >= 4 is 44.6 Å². The van der Waals surface area contributed by atoms with Gasteiger partial charge in [-0.25, -0.2) is 19.6 Å². The lowest BCUT2D eigenvalue weighted by Crippen LogP contribution is -2.28. The number of anilines is 1. The van der Waals surface area contributed by atoms with Crippen molar-refractivity contribution in [1.82, 2.24) is 39.0 Å². The molecule has 0 amide bonds. The van der Waals surface area contributed by atoms with Gasteiger partial charge in [-0.3, -0.25) is 24.4 Å². The van der Waals surface area contributed by atoms with Crippen LogP contribution in [0.2, 0.25) is 0 Å². The Balaban J connectivity index is 0.000000162. The Hall–Kier alpha value is -5.24. The number of aryl methyl sites for hydroxylation is 4. The zero-order chi connectivity index (χ0) is 29.0. The first-order chi connectivity index (χ1) is 18.8. The van der Waals surface area contributed by atoms with Crippen LogP contribution >= 0.6 is 11.6 Å². The van der Waals surface area contributed by atoms with Crippen LogP contribution in [-0.2, 0) is 14.1 Å². The third-order valence-electron chi connectivity index (χ3n) is 6.43. The average molecular weight is 562 g/mol. The third-order valence-corrected chi connectivity index (χ3v) is 6.63. The number of nitrogens with zero attached hydrogens (tertiary/aromatic N) is 6. The van der Waals surface area contributed by atoms with Gasteiger partial charge in [-0.2, -0.15) is 9.97 Å². The predicted molar refractivity (Wildman–Crippen MR) is 148 cm³/mol. The highest BCUT2D eigenvalue weighted by molar-refractivity contribution is 6.68. The smallest absolute Gasteiger partial charge is 0.349 e. The Morgan fingerprint density at radius 3 is 1.68 bits per heavy atom. The van der Waals surface area contributed by atoms with Gasteiger partial charge in [-0.15, -0.1) is 0 Å². The molecule has 0 saturated heterocycles. The number of hydrogen-bond acceptors (Lipinski definition) is 10. The Morgan fingerprint density at radius 2 is 1.20 bits per heavy atom. The van der Waals surface area contributed by atoms with Crippen molar-refractivity contribution in [2.75, 3.05) is 5.73 Å². The van der Waals surface area contributed by atoms with E-state index in [0.717, 1.165) is 5.56 Å². The van der Waals surface area contributed by atoms with Crippen LogP contribution in [0.4, 0.5) is 5.69 Å². The number of fused-ring (bicyclic) bond motifs is 4. The highest BCUT2D eigenvalue weighted by atomic mass is 35.5. The van der Waals surface area contributed by atoms with Gasteiger partial charge >= 0.3 is 11.4 Å². The molecule has 202 valence electrons. The molecular formula is C25H20ClN9O5. The zero-order valence-corrected chi connectivity index (χ0v) is 22.2. The van der Waals surface area contributed by atoms with Crippen LogP contribution in [0.25, 0.3) is 45.1 Å². The first-order valence-electron chi connectivity index (χ1n) is 11.6. The second-order valence-corrected chi connectivity index (χ2v) is 9.40. The molecule has 4 N–H and O–H groups in total. The van der Waals surface area contributed by atoms with E-state index in [9.17, 15) is 24.0 Å². The minimum atomic E-state index is -0.745. The summed E-state index contributed by atoms with van der Waals surface area (Å²) >= 11 is 5.54. The van der Waals surface area contributed by atoms with E-state index in [0.29, 0.717) is 38.9 Å². The van der Waals surface area contributed by atoms with Gasteiger partial charge in [0.1, 0.15) is 0 Å². The van der Waals surface area contributed by atoms with E-state index in [4.69, 9.17) is 17.3 Å². The lowest BCUT2D eigenvalue weighted by atomic mass is 10.1. The molecule has 0 radical (unpaired) electrons.